The van der Waals surface area contributed by atoms with Gasteiger partial charge in [0.1, 0.15) is 5.69 Å². The lowest BCUT2D eigenvalue weighted by Gasteiger charge is -2.08. The van der Waals surface area contributed by atoms with Crippen molar-refractivity contribution in [1.82, 2.24) is 14.8 Å². The van der Waals surface area contributed by atoms with Crippen LogP contribution >= 0.6 is 0 Å². The third-order valence-corrected chi connectivity index (χ3v) is 3.87. The molecule has 0 atom stereocenters. The maximum atomic E-state index is 12.6. The predicted octanol–water partition coefficient (Wildman–Crippen LogP) is 3.14. The van der Waals surface area contributed by atoms with Crippen LogP contribution in [0.25, 0.3) is 17.0 Å². The van der Waals surface area contributed by atoms with E-state index in [-0.39, 0.29) is 11.3 Å². The Labute approximate surface area is 153 Å². The van der Waals surface area contributed by atoms with Crippen LogP contribution in [0.2, 0.25) is 0 Å². The summed E-state index contributed by atoms with van der Waals surface area (Å²) in [5.41, 5.74) is 1.76. The molecule has 0 aliphatic heterocycles. The van der Waals surface area contributed by atoms with E-state index in [4.69, 9.17) is 4.42 Å². The van der Waals surface area contributed by atoms with Crippen LogP contribution in [-0.2, 0) is 0 Å². The molecule has 0 unspecified atom stereocenters. The monoisotopic (exact) mass is 358 g/mol. The molecule has 0 radical (unpaired) electrons. The highest BCUT2D eigenvalue weighted by Crippen LogP contribution is 2.22. The highest BCUT2D eigenvalue weighted by molar-refractivity contribution is 6.03. The van der Waals surface area contributed by atoms with Gasteiger partial charge in [0.05, 0.1) is 11.9 Å². The molecular formula is C20H14N4O3. The first-order valence-corrected chi connectivity index (χ1v) is 8.17. The minimum atomic E-state index is -0.422. The topological polar surface area (TPSA) is 90.0 Å². The predicted molar refractivity (Wildman–Crippen MR) is 99.7 cm³/mol. The largest absolute Gasteiger partial charge is 0.444 e. The number of nitrogens with one attached hydrogen (secondary N) is 1. The van der Waals surface area contributed by atoms with Gasteiger partial charge < -0.3 is 9.73 Å². The molecular weight excluding hydrogens is 344 g/mol. The van der Waals surface area contributed by atoms with Gasteiger partial charge in [0.15, 0.2) is 12.2 Å². The number of carbonyl (C=O) groups excluding carboxylic acids is 1. The van der Waals surface area contributed by atoms with E-state index in [2.05, 4.69) is 15.4 Å². The summed E-state index contributed by atoms with van der Waals surface area (Å²) in [6, 6.07) is 18.8. The summed E-state index contributed by atoms with van der Waals surface area (Å²) >= 11 is 0. The number of anilines is 1. The minimum Gasteiger partial charge on any atom is -0.444 e. The summed E-state index contributed by atoms with van der Waals surface area (Å²) in [5.74, 6) is 0.177. The van der Waals surface area contributed by atoms with Gasteiger partial charge in [-0.25, -0.2) is 4.98 Å². The van der Waals surface area contributed by atoms with Gasteiger partial charge in [0, 0.05) is 17.3 Å². The standard InChI is InChI=1S/C20H14N4O3/c25-19-10-9-17(23-24(19)16-7-2-1-3-8-16)20(26)22-15-6-4-5-14(11-15)18-12-21-13-27-18/h1-13H,(H,22,26). The number of hydrogen-bond acceptors (Lipinski definition) is 5. The lowest BCUT2D eigenvalue weighted by atomic mass is 10.1. The van der Waals surface area contributed by atoms with Crippen LogP contribution in [-0.4, -0.2) is 20.7 Å². The molecule has 132 valence electrons. The Balaban J connectivity index is 1.61. The van der Waals surface area contributed by atoms with Crippen LogP contribution in [0.4, 0.5) is 5.69 Å². The van der Waals surface area contributed by atoms with Gasteiger partial charge in [0.2, 0.25) is 0 Å². The van der Waals surface area contributed by atoms with Gasteiger partial charge in [-0.1, -0.05) is 30.3 Å². The first-order chi connectivity index (χ1) is 13.2. The molecule has 27 heavy (non-hydrogen) atoms. The third kappa shape index (κ3) is 3.52. The molecule has 4 rings (SSSR count). The number of amides is 1. The molecule has 7 nitrogen and oxygen atoms in total. The second-order valence-electron chi connectivity index (χ2n) is 5.70. The normalized spacial score (nSPS) is 10.5. The zero-order valence-corrected chi connectivity index (χ0v) is 14.1. The number of aromatic nitrogens is 3. The molecule has 0 saturated heterocycles. The number of nitrogens with zero attached hydrogens (tertiary/aromatic N) is 3. The number of oxazole rings is 1. The van der Waals surface area contributed by atoms with E-state index in [0.29, 0.717) is 17.1 Å². The lowest BCUT2D eigenvalue weighted by Crippen LogP contribution is -2.24. The second-order valence-corrected chi connectivity index (χ2v) is 5.70. The van der Waals surface area contributed by atoms with Crippen molar-refractivity contribution >= 4 is 11.6 Å². The Hall–Kier alpha value is -4.00. The number of rotatable bonds is 4. The number of carbonyl (C=O) groups is 1. The van der Waals surface area contributed by atoms with Crippen LogP contribution in [0.5, 0.6) is 0 Å². The highest BCUT2D eigenvalue weighted by Gasteiger charge is 2.12. The summed E-state index contributed by atoms with van der Waals surface area (Å²) in [5, 5.41) is 6.95. The quantitative estimate of drug-likeness (QED) is 0.605. The van der Waals surface area contributed by atoms with Gasteiger partial charge in [-0.2, -0.15) is 9.78 Å². The van der Waals surface area contributed by atoms with Crippen molar-refractivity contribution in [2.75, 3.05) is 5.32 Å². The van der Waals surface area contributed by atoms with Gasteiger partial charge in [-0.3, -0.25) is 9.59 Å². The summed E-state index contributed by atoms with van der Waals surface area (Å²) < 4.78 is 6.46. The van der Waals surface area contributed by atoms with Crippen molar-refractivity contribution in [1.29, 1.82) is 0 Å². The first kappa shape index (κ1) is 16.5. The fourth-order valence-corrected chi connectivity index (χ4v) is 2.59. The molecule has 0 bridgehead atoms. The van der Waals surface area contributed by atoms with Gasteiger partial charge in [0.25, 0.3) is 11.5 Å². The van der Waals surface area contributed by atoms with Crippen LogP contribution in [0, 0.1) is 0 Å². The van der Waals surface area contributed by atoms with Crippen molar-refractivity contribution in [2.24, 2.45) is 0 Å². The number of benzene rings is 2. The molecule has 4 aromatic rings. The van der Waals surface area contributed by atoms with E-state index < -0.39 is 5.91 Å². The van der Waals surface area contributed by atoms with E-state index in [1.54, 1.807) is 48.7 Å². The molecule has 0 saturated carbocycles. The van der Waals surface area contributed by atoms with E-state index in [1.807, 2.05) is 12.1 Å². The van der Waals surface area contributed by atoms with Crippen molar-refractivity contribution in [3.05, 3.63) is 95.4 Å². The summed E-state index contributed by atoms with van der Waals surface area (Å²) in [6.07, 6.45) is 2.94. The molecule has 7 heteroatoms. The second kappa shape index (κ2) is 7.09. The van der Waals surface area contributed by atoms with Gasteiger partial charge in [-0.15, -0.1) is 0 Å². The molecule has 1 N–H and O–H groups in total. The fraction of sp³-hybridized carbons (Fsp3) is 0. The molecule has 0 aliphatic rings. The Morgan fingerprint density at radius 3 is 2.63 bits per heavy atom. The summed E-state index contributed by atoms with van der Waals surface area (Å²) in [4.78, 5) is 28.6. The molecule has 0 fully saturated rings. The van der Waals surface area contributed by atoms with Gasteiger partial charge in [-0.05, 0) is 30.3 Å². The molecule has 0 aliphatic carbocycles. The molecule has 0 spiro atoms. The lowest BCUT2D eigenvalue weighted by molar-refractivity contribution is 0.102. The van der Waals surface area contributed by atoms with Crippen LogP contribution < -0.4 is 10.9 Å². The van der Waals surface area contributed by atoms with Crippen molar-refractivity contribution in [2.45, 2.75) is 0 Å². The van der Waals surface area contributed by atoms with E-state index >= 15 is 0 Å². The maximum Gasteiger partial charge on any atom is 0.276 e. The van der Waals surface area contributed by atoms with Crippen LogP contribution in [0.15, 0.2) is 88.5 Å². The smallest absolute Gasteiger partial charge is 0.276 e. The Morgan fingerprint density at radius 1 is 1.00 bits per heavy atom. The van der Waals surface area contributed by atoms with E-state index in [0.717, 1.165) is 5.56 Å². The van der Waals surface area contributed by atoms with Crippen molar-refractivity contribution in [3.8, 4) is 17.0 Å². The summed E-state index contributed by atoms with van der Waals surface area (Å²) in [6.45, 7) is 0. The third-order valence-electron chi connectivity index (χ3n) is 3.87. The van der Waals surface area contributed by atoms with Gasteiger partial charge >= 0.3 is 0 Å². The SMILES string of the molecule is O=C(Nc1cccc(-c2cnco2)c1)c1ccc(=O)n(-c2ccccc2)n1. The average molecular weight is 358 g/mol. The van der Waals surface area contributed by atoms with E-state index in [1.165, 1.54) is 23.2 Å². The molecule has 2 aromatic heterocycles. The number of hydrogen-bond donors (Lipinski definition) is 1. The average Bonchev–Trinajstić information content (AvgIpc) is 3.24. The zero-order chi connectivity index (χ0) is 18.6. The number of para-hydroxylation sites is 1. The minimum absolute atomic E-state index is 0.128. The van der Waals surface area contributed by atoms with Crippen LogP contribution in [0.1, 0.15) is 10.5 Å². The van der Waals surface area contributed by atoms with Crippen molar-refractivity contribution in [3.63, 3.8) is 0 Å². The zero-order valence-electron chi connectivity index (χ0n) is 14.1. The van der Waals surface area contributed by atoms with E-state index in [9.17, 15) is 9.59 Å². The fourth-order valence-electron chi connectivity index (χ4n) is 2.59. The Morgan fingerprint density at radius 2 is 1.85 bits per heavy atom. The van der Waals surface area contributed by atoms with Crippen molar-refractivity contribution < 1.29 is 9.21 Å². The Kier molecular flexibility index (Phi) is 4.32. The summed E-state index contributed by atoms with van der Waals surface area (Å²) in [7, 11) is 0. The first-order valence-electron chi connectivity index (χ1n) is 8.17. The highest BCUT2D eigenvalue weighted by atomic mass is 16.3. The molecule has 2 aromatic carbocycles. The molecule has 1 amide bonds. The van der Waals surface area contributed by atoms with Crippen LogP contribution in [0.3, 0.4) is 0 Å². The maximum absolute atomic E-state index is 12.6. The molecule has 2 heterocycles. The Bertz CT molecular complexity index is 1140.